The van der Waals surface area contributed by atoms with Gasteiger partial charge in [0.05, 0.1) is 25.9 Å². The van der Waals surface area contributed by atoms with Gasteiger partial charge in [0, 0.05) is 32.0 Å². The Morgan fingerprint density at radius 2 is 1.67 bits per heavy atom. The van der Waals surface area contributed by atoms with E-state index in [0.717, 1.165) is 45.1 Å². The van der Waals surface area contributed by atoms with Crippen LogP contribution in [0.1, 0.15) is 51.4 Å². The Labute approximate surface area is 128 Å². The van der Waals surface area contributed by atoms with Crippen molar-refractivity contribution < 1.29 is 14.2 Å². The van der Waals surface area contributed by atoms with Crippen LogP contribution in [0.4, 0.5) is 0 Å². The molecular weight excluding hydrogens is 266 g/mol. The first-order valence-electron chi connectivity index (χ1n) is 8.98. The fourth-order valence-electron chi connectivity index (χ4n) is 4.82. The average Bonchev–Trinajstić information content (AvgIpc) is 2.99. The van der Waals surface area contributed by atoms with Crippen molar-refractivity contribution in [2.75, 3.05) is 32.9 Å². The maximum absolute atomic E-state index is 6.00. The number of fused-ring (bicyclic) bond motifs is 1. The van der Waals surface area contributed by atoms with E-state index < -0.39 is 0 Å². The summed E-state index contributed by atoms with van der Waals surface area (Å²) in [4.78, 5) is 2.74. The Morgan fingerprint density at radius 3 is 2.48 bits per heavy atom. The first-order valence-corrected chi connectivity index (χ1v) is 8.98. The molecule has 4 heteroatoms. The summed E-state index contributed by atoms with van der Waals surface area (Å²) in [5.41, 5.74) is 0. The zero-order chi connectivity index (χ0) is 14.1. The Kier molecular flexibility index (Phi) is 4.23. The highest BCUT2D eigenvalue weighted by Gasteiger charge is 2.41. The van der Waals surface area contributed by atoms with E-state index in [1.54, 1.807) is 0 Å². The van der Waals surface area contributed by atoms with Crippen molar-refractivity contribution >= 4 is 0 Å². The maximum Gasteiger partial charge on any atom is 0.168 e. The van der Waals surface area contributed by atoms with Gasteiger partial charge in [-0.15, -0.1) is 0 Å². The summed E-state index contributed by atoms with van der Waals surface area (Å²) < 4.78 is 17.7. The molecule has 4 fully saturated rings. The van der Waals surface area contributed by atoms with Gasteiger partial charge in [0.15, 0.2) is 5.79 Å². The van der Waals surface area contributed by atoms with Crippen LogP contribution in [-0.4, -0.2) is 55.7 Å². The molecule has 2 aliphatic heterocycles. The normalized spacial score (nSPS) is 37.7. The van der Waals surface area contributed by atoms with E-state index >= 15 is 0 Å². The predicted molar refractivity (Wildman–Crippen MR) is 80.2 cm³/mol. The Bertz CT molecular complexity index is 344. The van der Waals surface area contributed by atoms with E-state index in [4.69, 9.17) is 14.2 Å². The van der Waals surface area contributed by atoms with Crippen LogP contribution in [0.3, 0.4) is 0 Å². The highest BCUT2D eigenvalue weighted by atomic mass is 16.7. The second-order valence-corrected chi connectivity index (χ2v) is 7.31. The van der Waals surface area contributed by atoms with Crippen LogP contribution in [0.5, 0.6) is 0 Å². The molecule has 0 bridgehead atoms. The molecule has 0 N–H and O–H groups in total. The third kappa shape index (κ3) is 3.00. The number of nitrogens with zero attached hydrogens (tertiary/aromatic N) is 1. The summed E-state index contributed by atoms with van der Waals surface area (Å²) in [7, 11) is 0. The van der Waals surface area contributed by atoms with Gasteiger partial charge in [0.2, 0.25) is 0 Å². The monoisotopic (exact) mass is 295 g/mol. The van der Waals surface area contributed by atoms with Crippen molar-refractivity contribution in [2.45, 2.75) is 69.3 Å². The molecule has 2 heterocycles. The molecule has 120 valence electrons. The summed E-state index contributed by atoms with van der Waals surface area (Å²) in [5.74, 6) is 0.624. The molecule has 0 aromatic carbocycles. The molecule has 0 aromatic heterocycles. The number of hydrogen-bond donors (Lipinski definition) is 0. The zero-order valence-electron chi connectivity index (χ0n) is 13.1. The van der Waals surface area contributed by atoms with Crippen molar-refractivity contribution in [3.05, 3.63) is 0 Å². The summed E-state index contributed by atoms with van der Waals surface area (Å²) in [6.07, 6.45) is 10.6. The van der Waals surface area contributed by atoms with E-state index in [0.29, 0.717) is 12.1 Å². The van der Waals surface area contributed by atoms with Gasteiger partial charge in [-0.25, -0.2) is 0 Å². The fourth-order valence-corrected chi connectivity index (χ4v) is 4.82. The summed E-state index contributed by atoms with van der Waals surface area (Å²) in [6, 6.07) is 0.697. The molecule has 4 nitrogen and oxygen atoms in total. The SMILES string of the molecule is C1CCC2C(C1)OCCN2CC1CCC2(CC1)OCCO2. The Morgan fingerprint density at radius 1 is 0.905 bits per heavy atom. The van der Waals surface area contributed by atoms with Gasteiger partial charge in [0.1, 0.15) is 0 Å². The van der Waals surface area contributed by atoms with E-state index in [-0.39, 0.29) is 5.79 Å². The largest absolute Gasteiger partial charge is 0.375 e. The first-order chi connectivity index (χ1) is 10.3. The summed E-state index contributed by atoms with van der Waals surface area (Å²) in [5, 5.41) is 0. The lowest BCUT2D eigenvalue weighted by Crippen LogP contribution is -2.54. The van der Waals surface area contributed by atoms with Crippen LogP contribution in [0.25, 0.3) is 0 Å². The molecule has 21 heavy (non-hydrogen) atoms. The van der Waals surface area contributed by atoms with Gasteiger partial charge in [0.25, 0.3) is 0 Å². The summed E-state index contributed by atoms with van der Waals surface area (Å²) >= 11 is 0. The van der Waals surface area contributed by atoms with Gasteiger partial charge < -0.3 is 14.2 Å². The topological polar surface area (TPSA) is 30.9 Å². The molecular formula is C17H29NO3. The van der Waals surface area contributed by atoms with Crippen molar-refractivity contribution in [2.24, 2.45) is 5.92 Å². The molecule has 2 atom stereocenters. The second kappa shape index (κ2) is 6.15. The smallest absolute Gasteiger partial charge is 0.168 e. The van der Waals surface area contributed by atoms with Gasteiger partial charge in [-0.3, -0.25) is 4.90 Å². The first kappa shape index (κ1) is 14.4. The van der Waals surface area contributed by atoms with Gasteiger partial charge >= 0.3 is 0 Å². The lowest BCUT2D eigenvalue weighted by molar-refractivity contribution is -0.184. The standard InChI is InChI=1S/C17H29NO3/c1-2-4-16-15(3-1)18(9-10-19-16)13-14-5-7-17(8-6-14)20-11-12-21-17/h14-16H,1-13H2. The molecule has 4 rings (SSSR count). The van der Waals surface area contributed by atoms with Gasteiger partial charge in [-0.1, -0.05) is 12.8 Å². The third-order valence-electron chi connectivity index (χ3n) is 6.02. The number of hydrogen-bond acceptors (Lipinski definition) is 4. The highest BCUT2D eigenvalue weighted by molar-refractivity contribution is 4.90. The minimum absolute atomic E-state index is 0.200. The number of morpholine rings is 1. The summed E-state index contributed by atoms with van der Waals surface area (Å²) in [6.45, 7) is 4.91. The lowest BCUT2D eigenvalue weighted by atomic mass is 9.83. The predicted octanol–water partition coefficient (Wildman–Crippen LogP) is 2.56. The van der Waals surface area contributed by atoms with Crippen LogP contribution < -0.4 is 0 Å². The van der Waals surface area contributed by atoms with Crippen molar-refractivity contribution in [1.82, 2.24) is 4.90 Å². The molecule has 0 radical (unpaired) electrons. The van der Waals surface area contributed by atoms with E-state index in [2.05, 4.69) is 4.90 Å². The van der Waals surface area contributed by atoms with Crippen molar-refractivity contribution in [1.29, 1.82) is 0 Å². The molecule has 0 amide bonds. The number of rotatable bonds is 2. The molecule has 2 saturated carbocycles. The van der Waals surface area contributed by atoms with Crippen LogP contribution in [0, 0.1) is 5.92 Å². The van der Waals surface area contributed by atoms with Crippen molar-refractivity contribution in [3.8, 4) is 0 Å². The molecule has 1 spiro atoms. The van der Waals surface area contributed by atoms with Crippen LogP contribution in [0.2, 0.25) is 0 Å². The van der Waals surface area contributed by atoms with Crippen molar-refractivity contribution in [3.63, 3.8) is 0 Å². The molecule has 0 aromatic rings. The highest BCUT2D eigenvalue weighted by Crippen LogP contribution is 2.39. The van der Waals surface area contributed by atoms with E-state index in [9.17, 15) is 0 Å². The van der Waals surface area contributed by atoms with E-state index in [1.807, 2.05) is 0 Å². The third-order valence-corrected chi connectivity index (χ3v) is 6.02. The van der Waals surface area contributed by atoms with Crippen LogP contribution in [0.15, 0.2) is 0 Å². The van der Waals surface area contributed by atoms with Crippen LogP contribution >= 0.6 is 0 Å². The Balaban J connectivity index is 1.31. The number of ether oxygens (including phenoxy) is 3. The average molecular weight is 295 g/mol. The molecule has 4 aliphatic rings. The minimum atomic E-state index is -0.200. The fraction of sp³-hybridized carbons (Fsp3) is 1.00. The quantitative estimate of drug-likeness (QED) is 0.783. The van der Waals surface area contributed by atoms with Crippen LogP contribution in [-0.2, 0) is 14.2 Å². The molecule has 2 aliphatic carbocycles. The zero-order valence-corrected chi connectivity index (χ0v) is 13.1. The second-order valence-electron chi connectivity index (χ2n) is 7.31. The lowest BCUT2D eigenvalue weighted by Gasteiger charge is -2.46. The maximum atomic E-state index is 6.00. The van der Waals surface area contributed by atoms with Gasteiger partial charge in [-0.05, 0) is 31.6 Å². The minimum Gasteiger partial charge on any atom is -0.375 e. The van der Waals surface area contributed by atoms with Gasteiger partial charge in [-0.2, -0.15) is 0 Å². The Hall–Kier alpha value is -0.160. The van der Waals surface area contributed by atoms with E-state index in [1.165, 1.54) is 45.1 Å². The molecule has 2 saturated heterocycles. The molecule has 2 unspecified atom stereocenters.